The van der Waals surface area contributed by atoms with Gasteiger partial charge in [0.1, 0.15) is 5.60 Å². The number of hydrogen-bond acceptors (Lipinski definition) is 3. The summed E-state index contributed by atoms with van der Waals surface area (Å²) in [5.41, 5.74) is 1.78. The summed E-state index contributed by atoms with van der Waals surface area (Å²) >= 11 is 0. The minimum absolute atomic E-state index is 0. The van der Waals surface area contributed by atoms with E-state index in [0.29, 0.717) is 12.5 Å². The Morgan fingerprint density at radius 2 is 1.72 bits per heavy atom. The van der Waals surface area contributed by atoms with Gasteiger partial charge in [0.2, 0.25) is 0 Å². The molecule has 0 spiro atoms. The van der Waals surface area contributed by atoms with Crippen LogP contribution in [0.5, 0.6) is 0 Å². The predicted molar refractivity (Wildman–Crippen MR) is 122 cm³/mol. The van der Waals surface area contributed by atoms with Crippen LogP contribution in [0.4, 0.5) is 0 Å². The second kappa shape index (κ2) is 10.6. The minimum atomic E-state index is -0.548. The molecular weight excluding hydrogens is 382 g/mol. The summed E-state index contributed by atoms with van der Waals surface area (Å²) in [6.45, 7) is 8.09. The van der Waals surface area contributed by atoms with Crippen LogP contribution in [0, 0.1) is 5.92 Å². The first-order chi connectivity index (χ1) is 13.5. The molecule has 4 heteroatoms. The first kappa shape index (κ1) is 23.2. The third-order valence-electron chi connectivity index (χ3n) is 5.82. The highest BCUT2D eigenvalue weighted by atomic mass is 35.5. The van der Waals surface area contributed by atoms with Gasteiger partial charge in [-0.25, -0.2) is 0 Å². The van der Waals surface area contributed by atoms with Gasteiger partial charge < -0.3 is 4.74 Å². The van der Waals surface area contributed by atoms with E-state index in [1.54, 1.807) is 0 Å². The first-order valence-corrected chi connectivity index (χ1v) is 10.3. The van der Waals surface area contributed by atoms with Gasteiger partial charge in [0.15, 0.2) is 0 Å². The molecule has 3 atom stereocenters. The summed E-state index contributed by atoms with van der Waals surface area (Å²) in [6.07, 6.45) is 5.61. The molecule has 0 aliphatic carbocycles. The Bertz CT molecular complexity index is 793. The molecule has 1 aliphatic rings. The van der Waals surface area contributed by atoms with Crippen LogP contribution < -0.4 is 0 Å². The Morgan fingerprint density at radius 1 is 1.10 bits per heavy atom. The first-order valence-electron chi connectivity index (χ1n) is 10.3. The number of ether oxygens (including phenoxy) is 1. The Hall–Kier alpha value is -2.10. The van der Waals surface area contributed by atoms with E-state index in [9.17, 15) is 4.79 Å². The normalized spacial score (nSPS) is 24.8. The van der Waals surface area contributed by atoms with Crippen molar-refractivity contribution in [3.8, 4) is 0 Å². The van der Waals surface area contributed by atoms with Gasteiger partial charge in [0, 0.05) is 37.9 Å². The SMILES string of the molecule is CCC(=O)OC1(c2ccccc2)CC(C)N(C/C=C/c2ccccc2)CC1C.Cl. The van der Waals surface area contributed by atoms with E-state index in [-0.39, 0.29) is 24.3 Å². The number of hydrogen-bond donors (Lipinski definition) is 0. The van der Waals surface area contributed by atoms with Gasteiger partial charge in [-0.2, -0.15) is 0 Å². The van der Waals surface area contributed by atoms with Crippen molar-refractivity contribution in [1.29, 1.82) is 0 Å². The molecule has 156 valence electrons. The zero-order chi connectivity index (χ0) is 20.0. The lowest BCUT2D eigenvalue weighted by Crippen LogP contribution is -2.54. The van der Waals surface area contributed by atoms with Gasteiger partial charge in [-0.1, -0.05) is 86.7 Å². The molecular formula is C25H32ClNO2. The maximum atomic E-state index is 12.3. The number of rotatable bonds is 6. The molecule has 3 nitrogen and oxygen atoms in total. The van der Waals surface area contributed by atoms with Crippen LogP contribution in [-0.2, 0) is 15.1 Å². The van der Waals surface area contributed by atoms with Crippen LogP contribution in [0.2, 0.25) is 0 Å². The average Bonchev–Trinajstić information content (AvgIpc) is 2.72. The molecule has 1 saturated heterocycles. The Balaban J connectivity index is 0.00000300. The zero-order valence-corrected chi connectivity index (χ0v) is 18.4. The summed E-state index contributed by atoms with van der Waals surface area (Å²) < 4.78 is 6.14. The summed E-state index contributed by atoms with van der Waals surface area (Å²) in [6, 6.07) is 21.0. The second-order valence-electron chi connectivity index (χ2n) is 7.80. The molecule has 2 aromatic carbocycles. The van der Waals surface area contributed by atoms with E-state index in [1.807, 2.05) is 31.2 Å². The number of halogens is 1. The molecule has 0 aromatic heterocycles. The number of carbonyl (C=O) groups is 1. The summed E-state index contributed by atoms with van der Waals surface area (Å²) in [5, 5.41) is 0. The smallest absolute Gasteiger partial charge is 0.306 e. The van der Waals surface area contributed by atoms with Crippen molar-refractivity contribution in [2.75, 3.05) is 13.1 Å². The Kier molecular flexibility index (Phi) is 8.48. The summed E-state index contributed by atoms with van der Waals surface area (Å²) in [5.74, 6) is 0.0899. The number of likely N-dealkylation sites (tertiary alicyclic amines) is 1. The number of benzene rings is 2. The highest BCUT2D eigenvalue weighted by Crippen LogP contribution is 2.43. The van der Waals surface area contributed by atoms with Gasteiger partial charge in [-0.3, -0.25) is 9.69 Å². The van der Waals surface area contributed by atoms with Crippen molar-refractivity contribution in [2.24, 2.45) is 5.92 Å². The molecule has 0 bridgehead atoms. The minimum Gasteiger partial charge on any atom is -0.454 e. The fraction of sp³-hybridized carbons (Fsp3) is 0.400. The van der Waals surface area contributed by atoms with Crippen molar-refractivity contribution >= 4 is 24.5 Å². The molecule has 0 N–H and O–H groups in total. The second-order valence-corrected chi connectivity index (χ2v) is 7.80. The maximum absolute atomic E-state index is 12.3. The van der Waals surface area contributed by atoms with Gasteiger partial charge in [0.05, 0.1) is 0 Å². The molecule has 3 rings (SSSR count). The van der Waals surface area contributed by atoms with Crippen LogP contribution in [0.3, 0.4) is 0 Å². The van der Waals surface area contributed by atoms with Crippen molar-refractivity contribution in [2.45, 2.75) is 45.3 Å². The summed E-state index contributed by atoms with van der Waals surface area (Å²) in [4.78, 5) is 14.8. The van der Waals surface area contributed by atoms with Crippen LogP contribution in [-0.4, -0.2) is 30.0 Å². The van der Waals surface area contributed by atoms with E-state index >= 15 is 0 Å². The molecule has 1 aliphatic heterocycles. The Morgan fingerprint density at radius 3 is 2.34 bits per heavy atom. The van der Waals surface area contributed by atoms with E-state index in [2.05, 4.69) is 67.3 Å². The van der Waals surface area contributed by atoms with Crippen molar-refractivity contribution in [3.63, 3.8) is 0 Å². The molecule has 0 amide bonds. The number of esters is 1. The monoisotopic (exact) mass is 413 g/mol. The highest BCUT2D eigenvalue weighted by Gasteiger charge is 2.47. The van der Waals surface area contributed by atoms with Crippen LogP contribution >= 0.6 is 12.4 Å². The van der Waals surface area contributed by atoms with Crippen molar-refractivity contribution in [3.05, 3.63) is 77.9 Å². The van der Waals surface area contributed by atoms with Gasteiger partial charge >= 0.3 is 5.97 Å². The van der Waals surface area contributed by atoms with Crippen LogP contribution in [0.25, 0.3) is 6.08 Å². The molecule has 3 unspecified atom stereocenters. The third-order valence-corrected chi connectivity index (χ3v) is 5.82. The predicted octanol–water partition coefficient (Wildman–Crippen LogP) is 5.70. The lowest BCUT2D eigenvalue weighted by atomic mass is 9.74. The summed E-state index contributed by atoms with van der Waals surface area (Å²) in [7, 11) is 0. The standard InChI is InChI=1S/C25H31NO2.ClH/c1-4-24(27)28-25(23-15-9-6-10-16-23)18-21(3)26(19-20(25)2)17-11-14-22-12-7-5-8-13-22;/h5-16,20-21H,4,17-19H2,1-3H3;1H/b14-11+;. The Labute approximate surface area is 181 Å². The van der Waals surface area contributed by atoms with Crippen LogP contribution in [0.15, 0.2) is 66.7 Å². The maximum Gasteiger partial charge on any atom is 0.306 e. The molecule has 2 aromatic rings. The molecule has 1 heterocycles. The number of piperidine rings is 1. The quantitative estimate of drug-likeness (QED) is 0.569. The van der Waals surface area contributed by atoms with E-state index < -0.39 is 5.60 Å². The molecule has 29 heavy (non-hydrogen) atoms. The largest absolute Gasteiger partial charge is 0.454 e. The lowest BCUT2D eigenvalue weighted by Gasteiger charge is -2.49. The molecule has 0 radical (unpaired) electrons. The fourth-order valence-corrected chi connectivity index (χ4v) is 4.19. The van der Waals surface area contributed by atoms with E-state index in [4.69, 9.17) is 4.74 Å². The van der Waals surface area contributed by atoms with Gasteiger partial charge in [0.25, 0.3) is 0 Å². The fourth-order valence-electron chi connectivity index (χ4n) is 4.19. The number of carbonyl (C=O) groups excluding carboxylic acids is 1. The van der Waals surface area contributed by atoms with Gasteiger partial charge in [-0.05, 0) is 18.1 Å². The topological polar surface area (TPSA) is 29.5 Å². The highest BCUT2D eigenvalue weighted by molar-refractivity contribution is 5.85. The molecule has 0 saturated carbocycles. The average molecular weight is 414 g/mol. The zero-order valence-electron chi connectivity index (χ0n) is 17.6. The van der Waals surface area contributed by atoms with Crippen molar-refractivity contribution in [1.82, 2.24) is 4.90 Å². The number of nitrogens with zero attached hydrogens (tertiary/aromatic N) is 1. The lowest BCUT2D eigenvalue weighted by molar-refractivity contribution is -0.178. The van der Waals surface area contributed by atoms with Crippen LogP contribution in [0.1, 0.15) is 44.7 Å². The van der Waals surface area contributed by atoms with Crippen molar-refractivity contribution < 1.29 is 9.53 Å². The molecule has 1 fully saturated rings. The van der Waals surface area contributed by atoms with E-state index in [1.165, 1.54) is 5.56 Å². The third kappa shape index (κ3) is 5.49. The van der Waals surface area contributed by atoms with E-state index in [0.717, 1.165) is 25.1 Å². The van der Waals surface area contributed by atoms with Gasteiger partial charge in [-0.15, -0.1) is 12.4 Å².